The molecule has 0 bridgehead atoms. The first-order chi connectivity index (χ1) is 27.7. The summed E-state index contributed by atoms with van der Waals surface area (Å²) in [5.74, 6) is 0.646. The van der Waals surface area contributed by atoms with Crippen molar-refractivity contribution in [3.8, 4) is 67.5 Å². The normalized spacial score (nSPS) is 11.6. The van der Waals surface area contributed by atoms with Gasteiger partial charge in [0.25, 0.3) is 0 Å². The van der Waals surface area contributed by atoms with Crippen molar-refractivity contribution in [1.29, 1.82) is 0 Å². The minimum Gasteiger partial charge on any atom is -0.456 e. The first-order valence-corrected chi connectivity index (χ1v) is 18.8. The number of aromatic nitrogens is 4. The van der Waals surface area contributed by atoms with Crippen molar-refractivity contribution in [3.63, 3.8) is 0 Å². The van der Waals surface area contributed by atoms with Gasteiger partial charge in [0.15, 0.2) is 5.82 Å². The van der Waals surface area contributed by atoms with Gasteiger partial charge < -0.3 is 4.42 Å². The van der Waals surface area contributed by atoms with E-state index in [-0.39, 0.29) is 0 Å². The van der Waals surface area contributed by atoms with Crippen LogP contribution in [0.4, 0.5) is 0 Å². The van der Waals surface area contributed by atoms with E-state index in [4.69, 9.17) is 19.5 Å². The Kier molecular flexibility index (Phi) is 7.42. The topological polar surface area (TPSA) is 56.2 Å². The largest absolute Gasteiger partial charge is 0.456 e. The summed E-state index contributed by atoms with van der Waals surface area (Å²) in [6.45, 7) is 0. The van der Waals surface area contributed by atoms with Crippen molar-refractivity contribution >= 4 is 38.2 Å². The summed E-state index contributed by atoms with van der Waals surface area (Å²) in [6.07, 6.45) is 0. The Labute approximate surface area is 322 Å². The maximum absolute atomic E-state index is 6.16. The van der Waals surface area contributed by atoms with Gasteiger partial charge in [-0.05, 0) is 53.4 Å². The molecule has 0 spiro atoms. The third-order valence-corrected chi connectivity index (χ3v) is 10.6. The van der Waals surface area contributed by atoms with Crippen molar-refractivity contribution < 1.29 is 4.42 Å². The van der Waals surface area contributed by atoms with Crippen LogP contribution in [-0.2, 0) is 0 Å². The fraction of sp³-hybridized carbons (Fsp3) is 0. The summed E-state index contributed by atoms with van der Waals surface area (Å²) in [7, 11) is 0. The number of pyridine rings is 1. The highest BCUT2D eigenvalue weighted by Gasteiger charge is 2.22. The maximum Gasteiger partial charge on any atom is 0.160 e. The molecule has 11 rings (SSSR count). The zero-order valence-electron chi connectivity index (χ0n) is 30.2. The van der Waals surface area contributed by atoms with Crippen LogP contribution in [0, 0.1) is 0 Å². The fourth-order valence-electron chi connectivity index (χ4n) is 7.95. The molecule has 0 saturated heterocycles. The van der Waals surface area contributed by atoms with Gasteiger partial charge in [-0.1, -0.05) is 152 Å². The zero-order valence-corrected chi connectivity index (χ0v) is 30.2. The smallest absolute Gasteiger partial charge is 0.160 e. The quantitative estimate of drug-likeness (QED) is 0.172. The number of hydrogen-bond acceptors (Lipinski definition) is 4. The van der Waals surface area contributed by atoms with Gasteiger partial charge in [-0.3, -0.25) is 0 Å². The summed E-state index contributed by atoms with van der Waals surface area (Å²) < 4.78 is 8.29. The van der Waals surface area contributed by atoms with E-state index in [0.29, 0.717) is 5.82 Å². The lowest BCUT2D eigenvalue weighted by atomic mass is 9.97. The lowest BCUT2D eigenvalue weighted by Gasteiger charge is -2.13. The Hall–Kier alpha value is -7.63. The summed E-state index contributed by atoms with van der Waals surface area (Å²) in [6, 6.07) is 67.3. The summed E-state index contributed by atoms with van der Waals surface area (Å²) in [4.78, 5) is 10.4. The van der Waals surface area contributed by atoms with Crippen LogP contribution in [0.1, 0.15) is 0 Å². The van der Waals surface area contributed by atoms with Gasteiger partial charge in [-0.25, -0.2) is 14.5 Å². The van der Waals surface area contributed by atoms with Crippen LogP contribution >= 0.6 is 0 Å². The van der Waals surface area contributed by atoms with Gasteiger partial charge in [0.2, 0.25) is 0 Å². The third kappa shape index (κ3) is 5.37. The molecule has 0 aliphatic heterocycles. The molecule has 0 amide bonds. The summed E-state index contributed by atoms with van der Waals surface area (Å²) >= 11 is 0. The number of furan rings is 1. The standard InChI is InChI=1S/C51H32N4O/c1-4-15-33(16-5-1)43-32-44(37-27-28-47-42(30-37)41-25-12-13-26-46(41)56-47)53-51(52-43)39-23-14-22-38(29-39)45-31-36-21-10-11-24-40(36)50-48(34-17-6-2-7-18-34)49(54-55(45)50)35-19-8-3-9-20-35/h1-32H. The highest BCUT2D eigenvalue weighted by Crippen LogP contribution is 2.41. The van der Waals surface area contributed by atoms with E-state index in [1.807, 2.05) is 48.5 Å². The van der Waals surface area contributed by atoms with Crippen LogP contribution in [0.5, 0.6) is 0 Å². The number of hydrogen-bond donors (Lipinski definition) is 0. The van der Waals surface area contributed by atoms with Crippen molar-refractivity contribution in [2.24, 2.45) is 0 Å². The molecule has 0 aliphatic rings. The van der Waals surface area contributed by atoms with Crippen LogP contribution in [0.3, 0.4) is 0 Å². The van der Waals surface area contributed by atoms with Gasteiger partial charge in [0, 0.05) is 49.5 Å². The first-order valence-electron chi connectivity index (χ1n) is 18.8. The van der Waals surface area contributed by atoms with Crippen LogP contribution < -0.4 is 0 Å². The van der Waals surface area contributed by atoms with E-state index < -0.39 is 0 Å². The second kappa shape index (κ2) is 13.0. The number of nitrogens with zero attached hydrogens (tertiary/aromatic N) is 4. The fourth-order valence-corrected chi connectivity index (χ4v) is 7.95. The van der Waals surface area contributed by atoms with Crippen molar-refractivity contribution in [2.75, 3.05) is 0 Å². The molecule has 7 aromatic carbocycles. The minimum absolute atomic E-state index is 0.646. The van der Waals surface area contributed by atoms with E-state index in [2.05, 4.69) is 150 Å². The van der Waals surface area contributed by atoms with E-state index >= 15 is 0 Å². The predicted molar refractivity (Wildman–Crippen MR) is 228 cm³/mol. The lowest BCUT2D eigenvalue weighted by molar-refractivity contribution is 0.669. The average Bonchev–Trinajstić information content (AvgIpc) is 3.86. The second-order valence-electron chi connectivity index (χ2n) is 14.1. The van der Waals surface area contributed by atoms with Crippen LogP contribution in [0.15, 0.2) is 199 Å². The molecular weight excluding hydrogens is 685 g/mol. The average molecular weight is 717 g/mol. The molecule has 0 N–H and O–H groups in total. The number of rotatable bonds is 6. The molecule has 5 heteroatoms. The molecule has 0 radical (unpaired) electrons. The van der Waals surface area contributed by atoms with Crippen molar-refractivity contribution in [3.05, 3.63) is 194 Å². The Balaban J connectivity index is 1.12. The Morgan fingerprint density at radius 2 is 1.00 bits per heavy atom. The SMILES string of the molecule is c1ccc(-c2cc(-c3ccc4oc5ccccc5c4c3)nc(-c3cccc(-c4cc5ccccc5c5c(-c6ccccc6)c(-c6ccccc6)nn45)c3)n2)cc1. The Morgan fingerprint density at radius 1 is 0.393 bits per heavy atom. The molecule has 56 heavy (non-hydrogen) atoms. The molecule has 0 atom stereocenters. The maximum atomic E-state index is 6.16. The van der Waals surface area contributed by atoms with E-state index in [0.717, 1.165) is 99.9 Å². The zero-order chi connectivity index (χ0) is 37.0. The highest BCUT2D eigenvalue weighted by atomic mass is 16.3. The van der Waals surface area contributed by atoms with Gasteiger partial charge >= 0.3 is 0 Å². The molecule has 4 heterocycles. The number of fused-ring (bicyclic) bond motifs is 6. The second-order valence-corrected chi connectivity index (χ2v) is 14.1. The van der Waals surface area contributed by atoms with Crippen LogP contribution in [-0.4, -0.2) is 19.6 Å². The monoisotopic (exact) mass is 716 g/mol. The lowest BCUT2D eigenvalue weighted by Crippen LogP contribution is -1.98. The van der Waals surface area contributed by atoms with Gasteiger partial charge in [-0.2, -0.15) is 5.10 Å². The Bertz CT molecular complexity index is 3240. The molecule has 0 aliphatic carbocycles. The third-order valence-electron chi connectivity index (χ3n) is 10.6. The van der Waals surface area contributed by atoms with E-state index in [9.17, 15) is 0 Å². The minimum atomic E-state index is 0.646. The Morgan fingerprint density at radius 3 is 1.79 bits per heavy atom. The van der Waals surface area contributed by atoms with Gasteiger partial charge in [0.1, 0.15) is 16.9 Å². The van der Waals surface area contributed by atoms with E-state index in [1.165, 1.54) is 0 Å². The van der Waals surface area contributed by atoms with Crippen molar-refractivity contribution in [2.45, 2.75) is 0 Å². The first kappa shape index (κ1) is 31.9. The summed E-state index contributed by atoms with van der Waals surface area (Å²) in [5, 5.41) is 9.85. The van der Waals surface area contributed by atoms with Crippen LogP contribution in [0.2, 0.25) is 0 Å². The predicted octanol–water partition coefficient (Wildman–Crippen LogP) is 13.2. The molecular formula is C51H32N4O. The number of para-hydroxylation sites is 1. The van der Waals surface area contributed by atoms with Crippen molar-refractivity contribution in [1.82, 2.24) is 19.6 Å². The molecule has 0 saturated carbocycles. The molecule has 0 unspecified atom stereocenters. The summed E-state index contributed by atoms with van der Waals surface area (Å²) in [5.41, 5.74) is 13.7. The highest BCUT2D eigenvalue weighted by molar-refractivity contribution is 6.09. The van der Waals surface area contributed by atoms with Gasteiger partial charge in [-0.15, -0.1) is 0 Å². The molecule has 4 aromatic heterocycles. The molecule has 11 aromatic rings. The molecule has 0 fully saturated rings. The van der Waals surface area contributed by atoms with E-state index in [1.54, 1.807) is 0 Å². The molecule has 5 nitrogen and oxygen atoms in total. The van der Waals surface area contributed by atoms with Gasteiger partial charge in [0.05, 0.1) is 22.6 Å². The van der Waals surface area contributed by atoms with Crippen LogP contribution in [0.25, 0.3) is 106 Å². The molecule has 262 valence electrons. The number of benzene rings is 7.